The lowest BCUT2D eigenvalue weighted by atomic mass is 9.80. The van der Waals surface area contributed by atoms with E-state index in [0.29, 0.717) is 12.1 Å². The van der Waals surface area contributed by atoms with Crippen LogP contribution in [0.1, 0.15) is 65.0 Å². The van der Waals surface area contributed by atoms with Gasteiger partial charge in [-0.3, -0.25) is 0 Å². The van der Waals surface area contributed by atoms with Gasteiger partial charge in [0.05, 0.1) is 6.10 Å². The molecule has 118 valence electrons. The molecule has 21 heavy (non-hydrogen) atoms. The maximum atomic E-state index is 6.26. The number of benzene rings is 1. The van der Waals surface area contributed by atoms with Crippen molar-refractivity contribution >= 4 is 0 Å². The molecule has 4 atom stereocenters. The Hall–Kier alpha value is -1.02. The zero-order valence-corrected chi connectivity index (χ0v) is 14.1. The quantitative estimate of drug-likeness (QED) is 0.800. The summed E-state index contributed by atoms with van der Waals surface area (Å²) in [4.78, 5) is 0. The lowest BCUT2D eigenvalue weighted by Crippen LogP contribution is -2.28. The van der Waals surface area contributed by atoms with Gasteiger partial charge in [-0.05, 0) is 61.8 Å². The van der Waals surface area contributed by atoms with E-state index in [1.807, 2.05) is 0 Å². The topological polar surface area (TPSA) is 21.3 Å². The van der Waals surface area contributed by atoms with Gasteiger partial charge < -0.3 is 10.1 Å². The Morgan fingerprint density at radius 1 is 1.19 bits per heavy atom. The molecule has 0 saturated heterocycles. The molecule has 1 N–H and O–H groups in total. The molecule has 1 saturated carbocycles. The Labute approximate surface area is 130 Å². The van der Waals surface area contributed by atoms with Crippen molar-refractivity contribution in [1.82, 2.24) is 5.32 Å². The van der Waals surface area contributed by atoms with Crippen LogP contribution in [0.15, 0.2) is 24.3 Å². The largest absolute Gasteiger partial charge is 0.490 e. The van der Waals surface area contributed by atoms with Gasteiger partial charge in [0.15, 0.2) is 0 Å². The van der Waals surface area contributed by atoms with Crippen LogP contribution in [-0.4, -0.2) is 12.6 Å². The average Bonchev–Trinajstić information content (AvgIpc) is 2.49. The molecule has 0 amide bonds. The van der Waals surface area contributed by atoms with E-state index in [9.17, 15) is 0 Å². The molecule has 1 aromatic carbocycles. The highest BCUT2D eigenvalue weighted by molar-refractivity contribution is 5.30. The van der Waals surface area contributed by atoms with Crippen molar-refractivity contribution in [1.29, 1.82) is 0 Å². The fourth-order valence-corrected chi connectivity index (χ4v) is 3.35. The molecule has 4 unspecified atom stereocenters. The smallest absolute Gasteiger partial charge is 0.120 e. The lowest BCUT2D eigenvalue weighted by molar-refractivity contribution is 0.100. The molecule has 0 heterocycles. The van der Waals surface area contributed by atoms with Gasteiger partial charge in [0.1, 0.15) is 5.75 Å². The third-order valence-electron chi connectivity index (χ3n) is 4.97. The molecule has 1 fully saturated rings. The molecule has 2 heteroatoms. The number of ether oxygens (including phenoxy) is 1. The van der Waals surface area contributed by atoms with E-state index in [-0.39, 0.29) is 0 Å². The zero-order chi connectivity index (χ0) is 15.2. The fourth-order valence-electron chi connectivity index (χ4n) is 3.35. The van der Waals surface area contributed by atoms with Crippen LogP contribution in [0.4, 0.5) is 0 Å². The number of nitrogens with one attached hydrogen (secondary N) is 1. The first-order valence-corrected chi connectivity index (χ1v) is 8.64. The second kappa shape index (κ2) is 7.84. The summed E-state index contributed by atoms with van der Waals surface area (Å²) in [6.07, 6.45) is 5.18. The predicted octanol–water partition coefficient (Wildman–Crippen LogP) is 4.95. The van der Waals surface area contributed by atoms with Crippen LogP contribution in [0.25, 0.3) is 0 Å². The molecule has 1 aliphatic rings. The molecule has 2 nitrogen and oxygen atoms in total. The summed E-state index contributed by atoms with van der Waals surface area (Å²) in [5.74, 6) is 2.65. The minimum atomic E-state index is 0.394. The van der Waals surface area contributed by atoms with Gasteiger partial charge in [0.2, 0.25) is 0 Å². The second-order valence-electron chi connectivity index (χ2n) is 6.60. The van der Waals surface area contributed by atoms with Crippen LogP contribution in [0, 0.1) is 11.8 Å². The Bertz CT molecular complexity index is 431. The van der Waals surface area contributed by atoms with Crippen LogP contribution >= 0.6 is 0 Å². The number of hydrogen-bond acceptors (Lipinski definition) is 2. The van der Waals surface area contributed by atoms with Crippen molar-refractivity contribution in [2.45, 2.75) is 65.5 Å². The zero-order valence-electron chi connectivity index (χ0n) is 14.1. The Morgan fingerprint density at radius 3 is 2.67 bits per heavy atom. The Kier molecular flexibility index (Phi) is 6.10. The number of hydrogen-bond donors (Lipinski definition) is 1. The van der Waals surface area contributed by atoms with Crippen LogP contribution in [0.2, 0.25) is 0 Å². The summed E-state index contributed by atoms with van der Waals surface area (Å²) in [6.45, 7) is 10.1. The highest BCUT2D eigenvalue weighted by Gasteiger charge is 2.25. The third-order valence-corrected chi connectivity index (χ3v) is 4.97. The van der Waals surface area contributed by atoms with E-state index in [1.54, 1.807) is 0 Å². The van der Waals surface area contributed by atoms with Gasteiger partial charge in [0.25, 0.3) is 0 Å². The van der Waals surface area contributed by atoms with E-state index in [2.05, 4.69) is 57.3 Å². The minimum absolute atomic E-state index is 0.394. The average molecular weight is 289 g/mol. The number of rotatable bonds is 6. The first-order valence-electron chi connectivity index (χ1n) is 8.64. The van der Waals surface area contributed by atoms with Crippen LogP contribution in [-0.2, 0) is 0 Å². The molecule has 2 rings (SSSR count). The van der Waals surface area contributed by atoms with Crippen molar-refractivity contribution in [2.24, 2.45) is 11.8 Å². The van der Waals surface area contributed by atoms with Crippen molar-refractivity contribution < 1.29 is 4.74 Å². The minimum Gasteiger partial charge on any atom is -0.490 e. The van der Waals surface area contributed by atoms with Gasteiger partial charge >= 0.3 is 0 Å². The Morgan fingerprint density at radius 2 is 2.00 bits per heavy atom. The summed E-state index contributed by atoms with van der Waals surface area (Å²) in [5.41, 5.74) is 1.34. The van der Waals surface area contributed by atoms with Gasteiger partial charge in [-0.25, -0.2) is 0 Å². The van der Waals surface area contributed by atoms with E-state index >= 15 is 0 Å². The lowest BCUT2D eigenvalue weighted by Gasteiger charge is -2.32. The summed E-state index contributed by atoms with van der Waals surface area (Å²) >= 11 is 0. The second-order valence-corrected chi connectivity index (χ2v) is 6.60. The molecule has 0 aromatic heterocycles. The standard InChI is InChI=1S/C19H31NO/c1-5-19(20-6-2)16-8-7-9-17(13-16)21-18-11-10-14(3)15(4)12-18/h7-9,13-15,18-20H,5-6,10-12H2,1-4H3. The van der Waals surface area contributed by atoms with Crippen molar-refractivity contribution in [2.75, 3.05) is 6.54 Å². The van der Waals surface area contributed by atoms with Crippen LogP contribution in [0.3, 0.4) is 0 Å². The monoisotopic (exact) mass is 289 g/mol. The van der Waals surface area contributed by atoms with Crippen molar-refractivity contribution in [3.63, 3.8) is 0 Å². The SMILES string of the molecule is CCNC(CC)c1cccc(OC2CCC(C)C(C)C2)c1. The van der Waals surface area contributed by atoms with E-state index < -0.39 is 0 Å². The maximum Gasteiger partial charge on any atom is 0.120 e. The van der Waals surface area contributed by atoms with Gasteiger partial charge in [-0.15, -0.1) is 0 Å². The molecule has 0 aliphatic heterocycles. The van der Waals surface area contributed by atoms with Gasteiger partial charge in [-0.2, -0.15) is 0 Å². The van der Waals surface area contributed by atoms with E-state index in [0.717, 1.165) is 30.6 Å². The van der Waals surface area contributed by atoms with Crippen molar-refractivity contribution in [3.05, 3.63) is 29.8 Å². The fraction of sp³-hybridized carbons (Fsp3) is 0.684. The first-order chi connectivity index (χ1) is 10.1. The van der Waals surface area contributed by atoms with E-state index in [1.165, 1.54) is 24.8 Å². The molecular weight excluding hydrogens is 258 g/mol. The summed E-state index contributed by atoms with van der Waals surface area (Å²) in [7, 11) is 0. The molecule has 1 aliphatic carbocycles. The molecule has 0 radical (unpaired) electrons. The Balaban J connectivity index is 2.00. The predicted molar refractivity (Wildman–Crippen MR) is 89.7 cm³/mol. The van der Waals surface area contributed by atoms with Crippen LogP contribution < -0.4 is 10.1 Å². The van der Waals surface area contributed by atoms with Gasteiger partial charge in [0, 0.05) is 6.04 Å². The maximum absolute atomic E-state index is 6.26. The van der Waals surface area contributed by atoms with Crippen LogP contribution in [0.5, 0.6) is 5.75 Å². The normalized spacial score (nSPS) is 27.3. The van der Waals surface area contributed by atoms with E-state index in [4.69, 9.17) is 4.74 Å². The summed E-state index contributed by atoms with van der Waals surface area (Å²) in [6, 6.07) is 9.09. The first kappa shape index (κ1) is 16.4. The molecule has 0 bridgehead atoms. The highest BCUT2D eigenvalue weighted by Crippen LogP contribution is 2.32. The summed E-state index contributed by atoms with van der Waals surface area (Å²) in [5, 5.41) is 3.54. The third kappa shape index (κ3) is 4.47. The van der Waals surface area contributed by atoms with Gasteiger partial charge in [-0.1, -0.05) is 39.8 Å². The molecule has 0 spiro atoms. The molecular formula is C19H31NO. The highest BCUT2D eigenvalue weighted by atomic mass is 16.5. The van der Waals surface area contributed by atoms with Crippen molar-refractivity contribution in [3.8, 4) is 5.75 Å². The molecule has 1 aromatic rings. The summed E-state index contributed by atoms with van der Waals surface area (Å²) < 4.78 is 6.26.